The van der Waals surface area contributed by atoms with Crippen molar-refractivity contribution in [2.45, 2.75) is 44.7 Å². The van der Waals surface area contributed by atoms with E-state index in [4.69, 9.17) is 0 Å². The Kier molecular flexibility index (Phi) is 5.80. The number of sulfonamides is 1. The summed E-state index contributed by atoms with van der Waals surface area (Å²) < 4.78 is 40.3. The highest BCUT2D eigenvalue weighted by molar-refractivity contribution is 7.89. The van der Waals surface area contributed by atoms with E-state index >= 15 is 0 Å². The third-order valence-electron chi connectivity index (χ3n) is 5.60. The summed E-state index contributed by atoms with van der Waals surface area (Å²) in [5.74, 6) is 0.361. The molecule has 4 rings (SSSR count). The Morgan fingerprint density at radius 1 is 1.07 bits per heavy atom. The topological polar surface area (TPSA) is 58.2 Å². The molecular formula is C22H27FN2O2S. The van der Waals surface area contributed by atoms with Gasteiger partial charge in [0.05, 0.1) is 5.75 Å². The molecule has 2 N–H and O–H groups in total. The summed E-state index contributed by atoms with van der Waals surface area (Å²) in [6, 6.07) is 13.1. The van der Waals surface area contributed by atoms with Crippen LogP contribution in [-0.4, -0.2) is 20.7 Å². The molecule has 1 atom stereocenters. The van der Waals surface area contributed by atoms with E-state index in [0.29, 0.717) is 12.5 Å². The Hall–Kier alpha value is -1.76. The lowest BCUT2D eigenvalue weighted by atomic mass is 9.92. The van der Waals surface area contributed by atoms with Crippen LogP contribution >= 0.6 is 0 Å². The monoisotopic (exact) mass is 402 g/mol. The molecule has 150 valence electrons. The van der Waals surface area contributed by atoms with E-state index in [1.54, 1.807) is 0 Å². The SMILES string of the molecule is O=S(=O)(CC1CC1)NCc1ccc2c(c1)C(Cc1ccc(F)cc1)NCCC2. The van der Waals surface area contributed by atoms with Crippen molar-refractivity contribution in [2.24, 2.45) is 5.92 Å². The van der Waals surface area contributed by atoms with Gasteiger partial charge in [-0.25, -0.2) is 17.5 Å². The lowest BCUT2D eigenvalue weighted by molar-refractivity contribution is 0.538. The zero-order valence-electron chi connectivity index (χ0n) is 16.0. The van der Waals surface area contributed by atoms with Crippen LogP contribution in [0.1, 0.15) is 47.6 Å². The van der Waals surface area contributed by atoms with Crippen molar-refractivity contribution in [1.29, 1.82) is 0 Å². The maximum atomic E-state index is 13.2. The largest absolute Gasteiger partial charge is 0.310 e. The third-order valence-corrected chi connectivity index (χ3v) is 7.10. The molecule has 0 amide bonds. The zero-order valence-corrected chi connectivity index (χ0v) is 16.8. The number of fused-ring (bicyclic) bond motifs is 1. The average Bonchev–Trinajstić information content (AvgIpc) is 3.49. The quantitative estimate of drug-likeness (QED) is 0.746. The minimum atomic E-state index is -3.21. The Morgan fingerprint density at radius 2 is 1.82 bits per heavy atom. The highest BCUT2D eigenvalue weighted by Gasteiger charge is 2.27. The molecule has 1 aliphatic carbocycles. The van der Waals surface area contributed by atoms with Crippen molar-refractivity contribution in [3.8, 4) is 0 Å². The van der Waals surface area contributed by atoms with Gasteiger partial charge in [0, 0.05) is 12.6 Å². The first-order valence-corrected chi connectivity index (χ1v) is 11.7. The van der Waals surface area contributed by atoms with Crippen LogP contribution in [0, 0.1) is 11.7 Å². The van der Waals surface area contributed by atoms with E-state index in [9.17, 15) is 12.8 Å². The Labute approximate surface area is 166 Å². The fourth-order valence-electron chi connectivity index (χ4n) is 3.86. The number of nitrogens with one attached hydrogen (secondary N) is 2. The van der Waals surface area contributed by atoms with Crippen molar-refractivity contribution in [3.05, 3.63) is 70.5 Å². The molecule has 0 aromatic heterocycles. The van der Waals surface area contributed by atoms with Gasteiger partial charge in [-0.3, -0.25) is 0 Å². The summed E-state index contributed by atoms with van der Waals surface area (Å²) in [5.41, 5.74) is 4.59. The van der Waals surface area contributed by atoms with Crippen molar-refractivity contribution in [1.82, 2.24) is 10.0 Å². The van der Waals surface area contributed by atoms with Gasteiger partial charge in [-0.2, -0.15) is 0 Å². The van der Waals surface area contributed by atoms with E-state index in [2.05, 4.69) is 22.2 Å². The summed E-state index contributed by atoms with van der Waals surface area (Å²) in [7, 11) is -3.21. The summed E-state index contributed by atoms with van der Waals surface area (Å²) in [4.78, 5) is 0. The normalized spacial score (nSPS) is 19.8. The Balaban J connectivity index is 1.50. The van der Waals surface area contributed by atoms with Gasteiger partial charge in [-0.05, 0) is 79.0 Å². The molecule has 0 bridgehead atoms. The van der Waals surface area contributed by atoms with Crippen LogP contribution in [0.4, 0.5) is 4.39 Å². The van der Waals surface area contributed by atoms with Crippen LogP contribution < -0.4 is 10.0 Å². The van der Waals surface area contributed by atoms with Gasteiger partial charge in [0.1, 0.15) is 5.82 Å². The second-order valence-electron chi connectivity index (χ2n) is 8.02. The first-order chi connectivity index (χ1) is 13.5. The minimum Gasteiger partial charge on any atom is -0.310 e. The van der Waals surface area contributed by atoms with E-state index in [0.717, 1.165) is 49.8 Å². The standard InChI is InChI=1S/C22H27FN2O2S/c23-20-9-6-16(7-10-20)13-22-21-12-18(5-8-19(21)2-1-11-24-22)14-25-28(26,27)15-17-3-4-17/h5-10,12,17,22,24-25H,1-4,11,13-15H2. The molecule has 2 aromatic carbocycles. The number of rotatable bonds is 7. The highest BCUT2D eigenvalue weighted by atomic mass is 32.2. The van der Waals surface area contributed by atoms with Gasteiger partial charge < -0.3 is 5.32 Å². The van der Waals surface area contributed by atoms with Crippen molar-refractivity contribution in [3.63, 3.8) is 0 Å². The van der Waals surface area contributed by atoms with Gasteiger partial charge >= 0.3 is 0 Å². The Morgan fingerprint density at radius 3 is 2.57 bits per heavy atom. The molecule has 4 nitrogen and oxygen atoms in total. The molecule has 1 fully saturated rings. The minimum absolute atomic E-state index is 0.144. The van der Waals surface area contributed by atoms with Crippen LogP contribution in [-0.2, 0) is 29.4 Å². The summed E-state index contributed by atoms with van der Waals surface area (Å²) >= 11 is 0. The smallest absolute Gasteiger partial charge is 0.212 e. The molecule has 0 saturated heterocycles. The highest BCUT2D eigenvalue weighted by Crippen LogP contribution is 2.30. The third kappa shape index (κ3) is 5.19. The molecule has 0 radical (unpaired) electrons. The predicted octanol–water partition coefficient (Wildman–Crippen LogP) is 3.47. The van der Waals surface area contributed by atoms with E-state index in [1.807, 2.05) is 18.2 Å². The fraction of sp³-hybridized carbons (Fsp3) is 0.455. The van der Waals surface area contributed by atoms with Gasteiger partial charge in [-0.1, -0.05) is 30.3 Å². The van der Waals surface area contributed by atoms with E-state index in [1.165, 1.54) is 23.3 Å². The molecule has 2 aliphatic rings. The van der Waals surface area contributed by atoms with Crippen LogP contribution in [0.25, 0.3) is 0 Å². The van der Waals surface area contributed by atoms with E-state index in [-0.39, 0.29) is 17.6 Å². The van der Waals surface area contributed by atoms with E-state index < -0.39 is 10.0 Å². The van der Waals surface area contributed by atoms with Crippen molar-refractivity contribution < 1.29 is 12.8 Å². The first-order valence-electron chi connectivity index (χ1n) is 10.1. The van der Waals surface area contributed by atoms with Gasteiger partial charge in [0.2, 0.25) is 10.0 Å². The molecule has 1 unspecified atom stereocenters. The van der Waals surface area contributed by atoms with Gasteiger partial charge in [0.25, 0.3) is 0 Å². The molecule has 0 spiro atoms. The fourth-order valence-corrected chi connectivity index (χ4v) is 5.32. The molecular weight excluding hydrogens is 375 g/mol. The first kappa shape index (κ1) is 19.6. The predicted molar refractivity (Wildman–Crippen MR) is 109 cm³/mol. The molecule has 6 heteroatoms. The lowest BCUT2D eigenvalue weighted by Gasteiger charge is -2.20. The number of halogens is 1. The van der Waals surface area contributed by atoms with Crippen LogP contribution in [0.15, 0.2) is 42.5 Å². The summed E-state index contributed by atoms with van der Waals surface area (Å²) in [5, 5.41) is 3.60. The van der Waals surface area contributed by atoms with Crippen LogP contribution in [0.3, 0.4) is 0 Å². The van der Waals surface area contributed by atoms with Gasteiger partial charge in [-0.15, -0.1) is 0 Å². The van der Waals surface area contributed by atoms with Crippen LogP contribution in [0.5, 0.6) is 0 Å². The molecule has 28 heavy (non-hydrogen) atoms. The number of aryl methyl sites for hydroxylation is 1. The zero-order chi connectivity index (χ0) is 19.6. The maximum Gasteiger partial charge on any atom is 0.212 e. The van der Waals surface area contributed by atoms with Gasteiger partial charge in [0.15, 0.2) is 0 Å². The summed E-state index contributed by atoms with van der Waals surface area (Å²) in [6.07, 6.45) is 4.91. The lowest BCUT2D eigenvalue weighted by Crippen LogP contribution is -2.27. The average molecular weight is 403 g/mol. The second-order valence-corrected chi connectivity index (χ2v) is 9.87. The molecule has 1 aliphatic heterocycles. The number of benzene rings is 2. The Bertz CT molecular complexity index is 924. The summed E-state index contributed by atoms with van der Waals surface area (Å²) in [6.45, 7) is 1.26. The molecule has 2 aromatic rings. The van der Waals surface area contributed by atoms with Crippen LogP contribution in [0.2, 0.25) is 0 Å². The number of hydrogen-bond donors (Lipinski definition) is 2. The number of hydrogen-bond acceptors (Lipinski definition) is 3. The van der Waals surface area contributed by atoms with Crippen molar-refractivity contribution in [2.75, 3.05) is 12.3 Å². The maximum absolute atomic E-state index is 13.2. The molecule has 1 saturated carbocycles. The molecule has 1 heterocycles. The second kappa shape index (κ2) is 8.31. The van der Waals surface area contributed by atoms with Crippen molar-refractivity contribution >= 4 is 10.0 Å².